The molecule has 2 rings (SSSR count). The van der Waals surface area contributed by atoms with E-state index in [1.54, 1.807) is 7.05 Å². The van der Waals surface area contributed by atoms with Crippen LogP contribution in [-0.2, 0) is 13.2 Å². The molecule has 1 aromatic carbocycles. The molecule has 6 nitrogen and oxygen atoms in total. The van der Waals surface area contributed by atoms with Crippen LogP contribution in [0.5, 0.6) is 0 Å². The van der Waals surface area contributed by atoms with E-state index in [2.05, 4.69) is 10.4 Å². The van der Waals surface area contributed by atoms with Gasteiger partial charge in [0.1, 0.15) is 5.82 Å². The first kappa shape index (κ1) is 14.9. The normalized spacial score (nSPS) is 11.3. The summed E-state index contributed by atoms with van der Waals surface area (Å²) in [6.45, 7) is 0. The number of hydrogen-bond donors (Lipinski definition) is 3. The van der Waals surface area contributed by atoms with Crippen molar-refractivity contribution in [2.45, 2.75) is 6.18 Å². The number of nitrogens with zero attached hydrogens (tertiary/aromatic N) is 2. The maximum atomic E-state index is 12.9. The lowest BCUT2D eigenvalue weighted by Gasteiger charge is -2.14. The fourth-order valence-corrected chi connectivity index (χ4v) is 1.73. The van der Waals surface area contributed by atoms with Crippen molar-refractivity contribution in [2.75, 3.05) is 10.7 Å². The van der Waals surface area contributed by atoms with Gasteiger partial charge in [0.25, 0.3) is 5.91 Å². The molecule has 21 heavy (non-hydrogen) atoms. The Hall–Kier alpha value is -2.55. The van der Waals surface area contributed by atoms with E-state index in [1.165, 1.54) is 23.0 Å². The molecule has 0 fully saturated rings. The van der Waals surface area contributed by atoms with Crippen molar-refractivity contribution in [3.05, 3.63) is 41.6 Å². The second-order valence-corrected chi connectivity index (χ2v) is 4.20. The number of aromatic nitrogens is 2. The van der Waals surface area contributed by atoms with Gasteiger partial charge in [-0.1, -0.05) is 0 Å². The number of nitrogens with two attached hydrogens (primary N) is 1. The van der Waals surface area contributed by atoms with Gasteiger partial charge in [0.15, 0.2) is 0 Å². The third kappa shape index (κ3) is 3.14. The van der Waals surface area contributed by atoms with Crippen molar-refractivity contribution < 1.29 is 18.0 Å². The largest absolute Gasteiger partial charge is 0.418 e. The number of hydrogen-bond acceptors (Lipinski definition) is 4. The van der Waals surface area contributed by atoms with Gasteiger partial charge in [-0.25, -0.2) is 0 Å². The van der Waals surface area contributed by atoms with E-state index in [0.29, 0.717) is 5.82 Å². The molecule has 0 radical (unpaired) electrons. The number of halogens is 3. The van der Waals surface area contributed by atoms with E-state index in [0.717, 1.165) is 12.1 Å². The molecular formula is C12H12F3N5O. The summed E-state index contributed by atoms with van der Waals surface area (Å²) in [6.07, 6.45) is -3.16. The Morgan fingerprint density at radius 2 is 2.05 bits per heavy atom. The van der Waals surface area contributed by atoms with E-state index < -0.39 is 17.6 Å². The smallest absolute Gasteiger partial charge is 0.324 e. The van der Waals surface area contributed by atoms with Crippen molar-refractivity contribution >= 4 is 17.4 Å². The van der Waals surface area contributed by atoms with Crippen LogP contribution in [0.15, 0.2) is 30.5 Å². The van der Waals surface area contributed by atoms with E-state index in [1.807, 2.05) is 5.43 Å². The first-order valence-electron chi connectivity index (χ1n) is 5.80. The summed E-state index contributed by atoms with van der Waals surface area (Å²) < 4.78 is 40.0. The highest BCUT2D eigenvalue weighted by atomic mass is 19.4. The second kappa shape index (κ2) is 5.44. The lowest BCUT2D eigenvalue weighted by atomic mass is 10.1. The van der Waals surface area contributed by atoms with Gasteiger partial charge in [-0.2, -0.15) is 18.3 Å². The SMILES string of the molecule is Cn1nccc1NC(=O)c1ccc(NN)c(C(F)(F)F)c1. The van der Waals surface area contributed by atoms with Crippen LogP contribution in [-0.4, -0.2) is 15.7 Å². The number of anilines is 2. The Morgan fingerprint density at radius 1 is 1.33 bits per heavy atom. The van der Waals surface area contributed by atoms with Crippen LogP contribution in [0, 0.1) is 0 Å². The van der Waals surface area contributed by atoms with Crippen molar-refractivity contribution in [3.8, 4) is 0 Å². The Bertz CT molecular complexity index is 665. The van der Waals surface area contributed by atoms with Gasteiger partial charge in [-0.3, -0.25) is 15.3 Å². The molecule has 0 bridgehead atoms. The highest BCUT2D eigenvalue weighted by Gasteiger charge is 2.34. The Balaban J connectivity index is 2.32. The minimum Gasteiger partial charge on any atom is -0.324 e. The maximum absolute atomic E-state index is 12.9. The van der Waals surface area contributed by atoms with Crippen LogP contribution < -0.4 is 16.6 Å². The molecule has 1 aromatic heterocycles. The lowest BCUT2D eigenvalue weighted by molar-refractivity contribution is -0.137. The number of amides is 1. The van der Waals surface area contributed by atoms with Gasteiger partial charge in [-0.05, 0) is 18.2 Å². The number of rotatable bonds is 3. The van der Waals surface area contributed by atoms with E-state index in [4.69, 9.17) is 5.84 Å². The third-order valence-electron chi connectivity index (χ3n) is 2.81. The Kier molecular flexibility index (Phi) is 3.85. The minimum atomic E-state index is -4.62. The van der Waals surface area contributed by atoms with E-state index >= 15 is 0 Å². The molecule has 1 heterocycles. The monoisotopic (exact) mass is 299 g/mol. The van der Waals surface area contributed by atoms with Crippen LogP contribution >= 0.6 is 0 Å². The van der Waals surface area contributed by atoms with Gasteiger partial charge >= 0.3 is 6.18 Å². The third-order valence-corrected chi connectivity index (χ3v) is 2.81. The molecule has 0 atom stereocenters. The van der Waals surface area contributed by atoms with Gasteiger partial charge < -0.3 is 10.7 Å². The number of carbonyl (C=O) groups is 1. The minimum absolute atomic E-state index is 0.137. The van der Waals surface area contributed by atoms with Gasteiger partial charge in [0, 0.05) is 18.7 Å². The van der Waals surface area contributed by atoms with Gasteiger partial charge in [-0.15, -0.1) is 0 Å². The molecule has 0 aliphatic rings. The molecular weight excluding hydrogens is 287 g/mol. The zero-order valence-electron chi connectivity index (χ0n) is 10.9. The average molecular weight is 299 g/mol. The van der Waals surface area contributed by atoms with Crippen LogP contribution in [0.2, 0.25) is 0 Å². The summed E-state index contributed by atoms with van der Waals surface area (Å²) >= 11 is 0. The van der Waals surface area contributed by atoms with Crippen LogP contribution in [0.1, 0.15) is 15.9 Å². The number of benzene rings is 1. The number of carbonyl (C=O) groups excluding carboxylic acids is 1. The summed E-state index contributed by atoms with van der Waals surface area (Å²) in [6, 6.07) is 4.61. The summed E-state index contributed by atoms with van der Waals surface area (Å²) in [5.41, 5.74) is 0.503. The van der Waals surface area contributed by atoms with Crippen LogP contribution in [0.4, 0.5) is 24.7 Å². The molecule has 0 aliphatic heterocycles. The zero-order valence-corrected chi connectivity index (χ0v) is 10.9. The number of hydrazine groups is 1. The number of nitrogen functional groups attached to an aromatic ring is 1. The maximum Gasteiger partial charge on any atom is 0.418 e. The highest BCUT2D eigenvalue weighted by Crippen LogP contribution is 2.35. The summed E-state index contributed by atoms with van der Waals surface area (Å²) in [5.74, 6) is 4.74. The molecule has 2 aromatic rings. The fourth-order valence-electron chi connectivity index (χ4n) is 1.73. The lowest BCUT2D eigenvalue weighted by Crippen LogP contribution is -2.18. The molecule has 9 heteroatoms. The molecule has 1 amide bonds. The molecule has 0 saturated heterocycles. The highest BCUT2D eigenvalue weighted by molar-refractivity contribution is 6.04. The van der Waals surface area contributed by atoms with E-state index in [9.17, 15) is 18.0 Å². The molecule has 112 valence electrons. The Morgan fingerprint density at radius 3 is 2.57 bits per heavy atom. The van der Waals surface area contributed by atoms with Crippen molar-refractivity contribution in [1.29, 1.82) is 0 Å². The molecule has 0 saturated carbocycles. The number of alkyl halides is 3. The standard InChI is InChI=1S/C12H12F3N5O/c1-20-10(4-5-17-20)18-11(21)7-2-3-9(19-16)8(6-7)12(13,14)15/h2-6,19H,16H2,1H3,(H,18,21). The van der Waals surface area contributed by atoms with Gasteiger partial charge in [0.05, 0.1) is 17.4 Å². The molecule has 0 unspecified atom stereocenters. The van der Waals surface area contributed by atoms with Crippen LogP contribution in [0.25, 0.3) is 0 Å². The van der Waals surface area contributed by atoms with Gasteiger partial charge in [0.2, 0.25) is 0 Å². The fraction of sp³-hybridized carbons (Fsp3) is 0.167. The Labute approximate surface area is 117 Å². The van der Waals surface area contributed by atoms with Crippen molar-refractivity contribution in [3.63, 3.8) is 0 Å². The molecule has 0 spiro atoms. The second-order valence-electron chi connectivity index (χ2n) is 4.20. The van der Waals surface area contributed by atoms with Crippen molar-refractivity contribution in [1.82, 2.24) is 9.78 Å². The number of nitrogens with one attached hydrogen (secondary N) is 2. The summed E-state index contributed by atoms with van der Waals surface area (Å²) in [5, 5.41) is 6.31. The van der Waals surface area contributed by atoms with Crippen LogP contribution in [0.3, 0.4) is 0 Å². The predicted molar refractivity (Wildman–Crippen MR) is 70.4 cm³/mol. The first-order chi connectivity index (χ1) is 9.82. The average Bonchev–Trinajstić information content (AvgIpc) is 2.82. The zero-order chi connectivity index (χ0) is 15.6. The predicted octanol–water partition coefficient (Wildman–Crippen LogP) is 1.98. The summed E-state index contributed by atoms with van der Waals surface area (Å²) in [4.78, 5) is 12.0. The quantitative estimate of drug-likeness (QED) is 0.597. The topological polar surface area (TPSA) is 85.0 Å². The first-order valence-corrected chi connectivity index (χ1v) is 5.80. The number of aryl methyl sites for hydroxylation is 1. The summed E-state index contributed by atoms with van der Waals surface area (Å²) in [7, 11) is 1.60. The molecule has 0 aliphatic carbocycles. The van der Waals surface area contributed by atoms with E-state index in [-0.39, 0.29) is 11.3 Å². The molecule has 4 N–H and O–H groups in total. The van der Waals surface area contributed by atoms with Crippen molar-refractivity contribution in [2.24, 2.45) is 12.9 Å².